The van der Waals surface area contributed by atoms with E-state index >= 15 is 0 Å². The average Bonchev–Trinajstić information content (AvgIpc) is 2.72. The third kappa shape index (κ3) is 14.3. The van der Waals surface area contributed by atoms with Gasteiger partial charge in [0.1, 0.15) is 19.8 Å². The molecule has 0 radical (unpaired) electrons. The van der Waals surface area contributed by atoms with E-state index in [1.54, 1.807) is 0 Å². The fourth-order valence-corrected chi connectivity index (χ4v) is 2.94. The van der Waals surface area contributed by atoms with Crippen LogP contribution in [0.4, 0.5) is 0 Å². The van der Waals surface area contributed by atoms with Crippen LogP contribution in [0.1, 0.15) is 59.3 Å². The molecule has 1 saturated heterocycles. The zero-order chi connectivity index (χ0) is 22.2. The predicted octanol–water partition coefficient (Wildman–Crippen LogP) is 0.905. The van der Waals surface area contributed by atoms with E-state index in [9.17, 15) is 14.4 Å². The normalized spacial score (nSPS) is 28.5. The van der Waals surface area contributed by atoms with Crippen LogP contribution in [0.25, 0.3) is 0 Å². The van der Waals surface area contributed by atoms with Gasteiger partial charge in [-0.25, -0.2) is 0 Å². The first-order chi connectivity index (χ1) is 14.4. The highest BCUT2D eigenvalue weighted by molar-refractivity contribution is 5.70. The summed E-state index contributed by atoms with van der Waals surface area (Å²) in [5.41, 5.74) is 0. The van der Waals surface area contributed by atoms with Crippen LogP contribution in [0.5, 0.6) is 0 Å². The maximum atomic E-state index is 11.8. The summed E-state index contributed by atoms with van der Waals surface area (Å²) in [6, 6.07) is 0.386. The van der Waals surface area contributed by atoms with Crippen molar-refractivity contribution in [1.29, 1.82) is 0 Å². The molecule has 0 aromatic heterocycles. The van der Waals surface area contributed by atoms with Crippen molar-refractivity contribution < 1.29 is 28.6 Å². The lowest BCUT2D eigenvalue weighted by molar-refractivity contribution is -0.144. The topological polar surface area (TPSA) is 115 Å². The van der Waals surface area contributed by atoms with Crippen LogP contribution >= 0.6 is 0 Å². The second kappa shape index (κ2) is 16.0. The Morgan fingerprint density at radius 3 is 1.10 bits per heavy atom. The number of ether oxygens (including phenoxy) is 3. The molecule has 9 heteroatoms. The molecule has 3 N–H and O–H groups in total. The molecule has 174 valence electrons. The third-order valence-electron chi connectivity index (χ3n) is 4.92. The molecule has 1 fully saturated rings. The molecule has 0 bridgehead atoms. The summed E-state index contributed by atoms with van der Waals surface area (Å²) in [5, 5.41) is 9.72. The van der Waals surface area contributed by atoms with E-state index in [1.165, 1.54) is 0 Å². The lowest BCUT2D eigenvalue weighted by Gasteiger charge is -2.16. The molecule has 9 nitrogen and oxygen atoms in total. The Kier molecular flexibility index (Phi) is 14.1. The van der Waals surface area contributed by atoms with Crippen LogP contribution in [0.3, 0.4) is 0 Å². The highest BCUT2D eigenvalue weighted by Gasteiger charge is 2.11. The van der Waals surface area contributed by atoms with Crippen LogP contribution in [0, 0.1) is 0 Å². The van der Waals surface area contributed by atoms with Crippen molar-refractivity contribution in [1.82, 2.24) is 16.0 Å². The Balaban J connectivity index is 2.42. The van der Waals surface area contributed by atoms with Gasteiger partial charge in [-0.1, -0.05) is 0 Å². The van der Waals surface area contributed by atoms with Gasteiger partial charge < -0.3 is 30.2 Å². The molecule has 1 rings (SSSR count). The molecule has 0 aliphatic carbocycles. The predicted molar refractivity (Wildman–Crippen MR) is 113 cm³/mol. The highest BCUT2D eigenvalue weighted by Crippen LogP contribution is 2.02. The van der Waals surface area contributed by atoms with Crippen molar-refractivity contribution in [3.05, 3.63) is 0 Å². The average molecular weight is 430 g/mol. The molecule has 30 heavy (non-hydrogen) atoms. The van der Waals surface area contributed by atoms with E-state index in [0.717, 1.165) is 0 Å². The molecule has 3 atom stereocenters. The Bertz CT molecular complexity index is 446. The van der Waals surface area contributed by atoms with Crippen LogP contribution in [0.15, 0.2) is 0 Å². The van der Waals surface area contributed by atoms with Crippen LogP contribution in [0.2, 0.25) is 0 Å². The number of rotatable bonds is 0. The smallest absolute Gasteiger partial charge is 0.305 e. The summed E-state index contributed by atoms with van der Waals surface area (Å²) in [7, 11) is 0. The second-order valence-electron chi connectivity index (χ2n) is 7.84. The van der Waals surface area contributed by atoms with Gasteiger partial charge in [-0.15, -0.1) is 0 Å². The quantitative estimate of drug-likeness (QED) is 0.382. The van der Waals surface area contributed by atoms with Crippen LogP contribution < -0.4 is 16.0 Å². The molecule has 0 spiro atoms. The summed E-state index contributed by atoms with van der Waals surface area (Å²) < 4.78 is 15.7. The summed E-state index contributed by atoms with van der Waals surface area (Å²) >= 11 is 0. The van der Waals surface area contributed by atoms with E-state index in [-0.39, 0.29) is 36.0 Å². The highest BCUT2D eigenvalue weighted by atomic mass is 16.5. The van der Waals surface area contributed by atoms with Gasteiger partial charge in [-0.05, 0) is 40.0 Å². The van der Waals surface area contributed by atoms with E-state index < -0.39 is 0 Å². The molecule has 0 aromatic carbocycles. The van der Waals surface area contributed by atoms with Crippen molar-refractivity contribution in [3.8, 4) is 0 Å². The first-order valence-electron chi connectivity index (χ1n) is 11.0. The number of esters is 3. The maximum Gasteiger partial charge on any atom is 0.305 e. The van der Waals surface area contributed by atoms with E-state index in [4.69, 9.17) is 14.2 Å². The number of hydrogen-bond donors (Lipinski definition) is 3. The van der Waals surface area contributed by atoms with Gasteiger partial charge in [0, 0.05) is 57.0 Å². The van der Waals surface area contributed by atoms with Gasteiger partial charge in [0.25, 0.3) is 0 Å². The number of nitrogens with one attached hydrogen (secondary N) is 3. The van der Waals surface area contributed by atoms with Crippen molar-refractivity contribution in [2.75, 3.05) is 39.5 Å². The second-order valence-corrected chi connectivity index (χ2v) is 7.84. The minimum absolute atomic E-state index is 0.129. The minimum Gasteiger partial charge on any atom is -0.464 e. The Hall–Kier alpha value is -1.71. The fraction of sp³-hybridized carbons (Fsp3) is 0.857. The van der Waals surface area contributed by atoms with Crippen LogP contribution in [-0.2, 0) is 28.6 Å². The van der Waals surface area contributed by atoms with Gasteiger partial charge in [-0.2, -0.15) is 0 Å². The van der Waals surface area contributed by atoms with Gasteiger partial charge >= 0.3 is 17.9 Å². The summed E-state index contributed by atoms with van der Waals surface area (Å²) in [6.45, 7) is 8.50. The lowest BCUT2D eigenvalue weighted by Crippen LogP contribution is -2.33. The SMILES string of the molecule is CC1CCC(=O)OCCNC(C)CCC(=O)OCCNC(C)CCC(=O)OCCN1. The zero-order valence-corrected chi connectivity index (χ0v) is 18.7. The Morgan fingerprint density at radius 2 is 0.833 bits per heavy atom. The van der Waals surface area contributed by atoms with Crippen molar-refractivity contribution in [3.63, 3.8) is 0 Å². The first-order valence-corrected chi connectivity index (χ1v) is 11.0. The number of hydrogen-bond acceptors (Lipinski definition) is 9. The summed E-state index contributed by atoms with van der Waals surface area (Å²) in [5.74, 6) is -0.694. The minimum atomic E-state index is -0.231. The monoisotopic (exact) mass is 429 g/mol. The molecular formula is C21H39N3O6. The van der Waals surface area contributed by atoms with Crippen molar-refractivity contribution in [2.24, 2.45) is 0 Å². The maximum absolute atomic E-state index is 11.8. The summed E-state index contributed by atoms with van der Waals surface area (Å²) in [4.78, 5) is 35.5. The molecule has 1 aliphatic rings. The Labute approximate surface area is 180 Å². The number of cyclic esters (lactones) is 3. The first kappa shape index (κ1) is 26.3. The molecule has 1 aliphatic heterocycles. The summed E-state index contributed by atoms with van der Waals surface area (Å²) in [6.07, 6.45) is 2.96. The van der Waals surface area contributed by atoms with Gasteiger partial charge in [-0.3, -0.25) is 14.4 Å². The molecule has 1 heterocycles. The molecule has 3 unspecified atom stereocenters. The van der Waals surface area contributed by atoms with Crippen molar-refractivity contribution in [2.45, 2.75) is 77.4 Å². The zero-order valence-electron chi connectivity index (χ0n) is 18.7. The largest absolute Gasteiger partial charge is 0.464 e. The molecule has 0 aromatic rings. The van der Waals surface area contributed by atoms with Crippen LogP contribution in [-0.4, -0.2) is 75.5 Å². The lowest BCUT2D eigenvalue weighted by atomic mass is 10.2. The molecular weight excluding hydrogens is 390 g/mol. The van der Waals surface area contributed by atoms with Crippen molar-refractivity contribution >= 4 is 17.9 Å². The van der Waals surface area contributed by atoms with Gasteiger partial charge in [0.2, 0.25) is 0 Å². The molecule has 0 saturated carbocycles. The van der Waals surface area contributed by atoms with Gasteiger partial charge in [0.05, 0.1) is 0 Å². The third-order valence-corrected chi connectivity index (χ3v) is 4.92. The fourth-order valence-electron chi connectivity index (χ4n) is 2.94. The van der Waals surface area contributed by atoms with Gasteiger partial charge in [0.15, 0.2) is 0 Å². The van der Waals surface area contributed by atoms with E-state index in [0.29, 0.717) is 78.0 Å². The Morgan fingerprint density at radius 1 is 0.567 bits per heavy atom. The van der Waals surface area contributed by atoms with E-state index in [1.807, 2.05) is 20.8 Å². The molecule has 0 amide bonds. The number of carbonyl (C=O) groups excluding carboxylic acids is 3. The van der Waals surface area contributed by atoms with E-state index in [2.05, 4.69) is 16.0 Å². The number of carbonyl (C=O) groups is 3. The standard InChI is InChI=1S/C21H39N3O6/c1-16-4-7-19(25)29-14-11-23-18(3)6-9-21(27)30-15-12-24-17(2)5-8-20(26)28-13-10-22-16/h16-18,22-24H,4-15H2,1-3H3.